The molecule has 1 unspecified atom stereocenters. The van der Waals surface area contributed by atoms with Crippen LogP contribution in [0.3, 0.4) is 0 Å². The van der Waals surface area contributed by atoms with Gasteiger partial charge in [-0.1, -0.05) is 6.07 Å². The summed E-state index contributed by atoms with van der Waals surface area (Å²) in [6, 6.07) is 12.7. The first-order valence-corrected chi connectivity index (χ1v) is 11.6. The molecule has 10 nitrogen and oxygen atoms in total. The molecule has 0 radical (unpaired) electrons. The average Bonchev–Trinajstić information content (AvgIpc) is 2.72. The molecule has 0 aliphatic heterocycles. The second kappa shape index (κ2) is 11.7. The van der Waals surface area contributed by atoms with Gasteiger partial charge in [0.25, 0.3) is 0 Å². The molecule has 172 valence electrons. The van der Waals surface area contributed by atoms with Gasteiger partial charge in [-0.05, 0) is 48.6 Å². The van der Waals surface area contributed by atoms with E-state index < -0.39 is 21.3 Å². The highest BCUT2D eigenvalue weighted by atomic mass is 32.2. The third-order valence-corrected chi connectivity index (χ3v) is 5.38. The number of sulfonamides is 1. The quantitative estimate of drug-likeness (QED) is 0.0992. The Morgan fingerprint density at radius 1 is 1.12 bits per heavy atom. The Kier molecular flexibility index (Phi) is 9.26. The lowest BCUT2D eigenvalue weighted by Crippen LogP contribution is -2.44. The van der Waals surface area contributed by atoms with Crippen molar-refractivity contribution in [3.8, 4) is 5.75 Å². The minimum absolute atomic E-state index is 0.0298. The molecule has 1 atom stereocenters. The number of amides is 1. The summed E-state index contributed by atoms with van der Waals surface area (Å²) in [5.74, 6) is -0.282. The fraction of sp³-hybridized carbons (Fsp3) is 0.211. The number of methoxy groups -OCH3 is 1. The van der Waals surface area contributed by atoms with Crippen LogP contribution in [0.5, 0.6) is 5.75 Å². The maximum absolute atomic E-state index is 12.1. The number of nitrogens with one attached hydrogen (secondary N) is 4. The predicted molar refractivity (Wildman–Crippen MR) is 129 cm³/mol. The van der Waals surface area contributed by atoms with E-state index in [1.54, 1.807) is 31.4 Å². The van der Waals surface area contributed by atoms with Gasteiger partial charge < -0.3 is 15.4 Å². The van der Waals surface area contributed by atoms with Crippen LogP contribution < -0.4 is 31.4 Å². The van der Waals surface area contributed by atoms with Gasteiger partial charge >= 0.3 is 0 Å². The van der Waals surface area contributed by atoms with Crippen molar-refractivity contribution >= 4 is 63.0 Å². The lowest BCUT2D eigenvalue weighted by atomic mass is 10.2. The SMILES string of the molecule is COc1cccc(NC(=S)NNC(=O)CC(=O)CC(S)Nc2ccc(S(N)(=O)=O)cc2)c1. The minimum atomic E-state index is -3.78. The molecule has 32 heavy (non-hydrogen) atoms. The second-order valence-electron chi connectivity index (χ2n) is 6.51. The maximum Gasteiger partial charge on any atom is 0.245 e. The lowest BCUT2D eigenvalue weighted by molar-refractivity contribution is -0.128. The van der Waals surface area contributed by atoms with Crippen LogP contribution in [-0.4, -0.2) is 37.7 Å². The van der Waals surface area contributed by atoms with Gasteiger partial charge in [0.05, 0.1) is 23.8 Å². The Labute approximate surface area is 196 Å². The number of nitrogens with two attached hydrogens (primary N) is 1. The molecule has 0 spiro atoms. The van der Waals surface area contributed by atoms with Crippen LogP contribution in [-0.2, 0) is 19.6 Å². The van der Waals surface area contributed by atoms with E-state index in [1.165, 1.54) is 24.3 Å². The van der Waals surface area contributed by atoms with Crippen molar-refractivity contribution in [1.82, 2.24) is 10.9 Å². The number of ketones is 1. The Morgan fingerprint density at radius 2 is 1.81 bits per heavy atom. The highest BCUT2D eigenvalue weighted by Gasteiger charge is 2.15. The molecule has 13 heteroatoms. The standard InChI is InChI=1S/C19H23N5O5S3/c1-29-15-4-2-3-13(9-15)22-19(31)24-23-17(26)10-14(25)11-18(30)21-12-5-7-16(8-6-12)32(20,27)28/h2-9,18,21,30H,10-11H2,1H3,(H,23,26)(H2,20,27,28)(H2,22,24,31). The van der Waals surface area contributed by atoms with Gasteiger partial charge in [0, 0.05) is 23.9 Å². The van der Waals surface area contributed by atoms with Gasteiger partial charge in [-0.15, -0.1) is 0 Å². The molecule has 0 bridgehead atoms. The molecule has 1 amide bonds. The molecule has 0 fully saturated rings. The average molecular weight is 498 g/mol. The second-order valence-corrected chi connectivity index (χ2v) is 9.10. The molecule has 0 aliphatic rings. The number of thiol groups is 1. The maximum atomic E-state index is 12.1. The predicted octanol–water partition coefficient (Wildman–Crippen LogP) is 1.38. The number of ether oxygens (including phenoxy) is 1. The van der Waals surface area contributed by atoms with E-state index in [0.717, 1.165) is 0 Å². The van der Waals surface area contributed by atoms with Gasteiger partial charge in [0.2, 0.25) is 15.9 Å². The Bertz CT molecular complexity index is 1080. The van der Waals surface area contributed by atoms with E-state index in [2.05, 4.69) is 34.1 Å². The zero-order chi connectivity index (χ0) is 23.7. The number of thiocarbonyl (C=S) groups is 1. The molecule has 0 heterocycles. The number of anilines is 2. The largest absolute Gasteiger partial charge is 0.497 e. The molecule has 2 aromatic rings. The summed E-state index contributed by atoms with van der Waals surface area (Å²) in [5.41, 5.74) is 6.07. The van der Waals surface area contributed by atoms with E-state index in [-0.39, 0.29) is 28.6 Å². The molecule has 2 aromatic carbocycles. The minimum Gasteiger partial charge on any atom is -0.497 e. The van der Waals surface area contributed by atoms with Crippen LogP contribution in [0.25, 0.3) is 0 Å². The summed E-state index contributed by atoms with van der Waals surface area (Å²) >= 11 is 9.37. The molecule has 0 saturated carbocycles. The van der Waals surface area contributed by atoms with Crippen LogP contribution >= 0.6 is 24.8 Å². The first kappa shape index (κ1) is 25.4. The summed E-state index contributed by atoms with van der Waals surface area (Å²) in [4.78, 5) is 24.0. The zero-order valence-electron chi connectivity index (χ0n) is 17.0. The van der Waals surface area contributed by atoms with Crippen molar-refractivity contribution in [2.24, 2.45) is 5.14 Å². The summed E-state index contributed by atoms with van der Waals surface area (Å²) < 4.78 is 27.6. The smallest absolute Gasteiger partial charge is 0.245 e. The number of primary sulfonamides is 1. The fourth-order valence-corrected chi connectivity index (χ4v) is 3.52. The van der Waals surface area contributed by atoms with E-state index >= 15 is 0 Å². The topological polar surface area (TPSA) is 152 Å². The van der Waals surface area contributed by atoms with Crippen LogP contribution in [0.1, 0.15) is 12.8 Å². The van der Waals surface area contributed by atoms with Crippen molar-refractivity contribution in [2.75, 3.05) is 17.7 Å². The van der Waals surface area contributed by atoms with Crippen LogP contribution in [0, 0.1) is 0 Å². The lowest BCUT2D eigenvalue weighted by Gasteiger charge is -2.15. The third kappa shape index (κ3) is 8.70. The molecule has 6 N–H and O–H groups in total. The summed E-state index contributed by atoms with van der Waals surface area (Å²) in [5, 5.41) is 10.4. The van der Waals surface area contributed by atoms with Crippen molar-refractivity contribution in [1.29, 1.82) is 0 Å². The summed E-state index contributed by atoms with van der Waals surface area (Å²) in [6.07, 6.45) is -0.419. The monoisotopic (exact) mass is 497 g/mol. The van der Waals surface area contributed by atoms with Gasteiger partial charge in [0.1, 0.15) is 11.5 Å². The zero-order valence-corrected chi connectivity index (χ0v) is 19.5. The van der Waals surface area contributed by atoms with E-state index in [9.17, 15) is 18.0 Å². The fourth-order valence-electron chi connectivity index (χ4n) is 2.48. The first-order chi connectivity index (χ1) is 15.1. The summed E-state index contributed by atoms with van der Waals surface area (Å²) in [6.45, 7) is 0. The highest BCUT2D eigenvalue weighted by molar-refractivity contribution is 7.89. The van der Waals surface area contributed by atoms with Crippen LogP contribution in [0.4, 0.5) is 11.4 Å². The van der Waals surface area contributed by atoms with Gasteiger partial charge in [-0.25, -0.2) is 13.6 Å². The third-order valence-electron chi connectivity index (χ3n) is 3.94. The number of hydrogen-bond acceptors (Lipinski definition) is 8. The molecule has 0 aromatic heterocycles. The van der Waals surface area contributed by atoms with Crippen LogP contribution in [0.15, 0.2) is 53.4 Å². The summed E-state index contributed by atoms with van der Waals surface area (Å²) in [7, 11) is -2.24. The Morgan fingerprint density at radius 3 is 2.44 bits per heavy atom. The number of Topliss-reactive ketones (excluding diaryl/α,β-unsaturated/α-hetero) is 1. The Balaban J connectivity index is 1.73. The van der Waals surface area contributed by atoms with E-state index in [4.69, 9.17) is 22.1 Å². The molecular formula is C19H23N5O5S3. The highest BCUT2D eigenvalue weighted by Crippen LogP contribution is 2.17. The molecule has 0 aliphatic carbocycles. The van der Waals surface area contributed by atoms with Gasteiger partial charge in [0.15, 0.2) is 5.11 Å². The van der Waals surface area contributed by atoms with Crippen molar-refractivity contribution < 1.29 is 22.7 Å². The molecule has 2 rings (SSSR count). The van der Waals surface area contributed by atoms with Gasteiger partial charge in [-0.3, -0.25) is 20.4 Å². The van der Waals surface area contributed by atoms with Crippen LogP contribution in [0.2, 0.25) is 0 Å². The first-order valence-electron chi connectivity index (χ1n) is 9.16. The normalized spacial score (nSPS) is 11.7. The Hall–Kier alpha value is -2.87. The number of hydrogen-bond donors (Lipinski definition) is 6. The number of carbonyl (C=O) groups excluding carboxylic acids is 2. The molecule has 0 saturated heterocycles. The van der Waals surface area contributed by atoms with E-state index in [0.29, 0.717) is 17.1 Å². The number of carbonyl (C=O) groups is 2. The molecular weight excluding hydrogens is 474 g/mol. The van der Waals surface area contributed by atoms with Crippen molar-refractivity contribution in [3.63, 3.8) is 0 Å². The van der Waals surface area contributed by atoms with Crippen molar-refractivity contribution in [2.45, 2.75) is 23.1 Å². The number of hydrazine groups is 1. The number of benzene rings is 2. The number of rotatable bonds is 9. The van der Waals surface area contributed by atoms with E-state index in [1.807, 2.05) is 0 Å². The van der Waals surface area contributed by atoms with Gasteiger partial charge in [-0.2, -0.15) is 12.6 Å². The van der Waals surface area contributed by atoms with Crippen molar-refractivity contribution in [3.05, 3.63) is 48.5 Å².